The number of hydrogen-bond donors (Lipinski definition) is 2. The highest BCUT2D eigenvalue weighted by Gasteiger charge is 2.30. The number of rotatable bonds is 3. The Morgan fingerprint density at radius 1 is 0.931 bits per heavy atom. The zero-order chi connectivity index (χ0) is 20.5. The lowest BCUT2D eigenvalue weighted by molar-refractivity contribution is -0.127. The van der Waals surface area contributed by atoms with E-state index in [0.29, 0.717) is 11.1 Å². The van der Waals surface area contributed by atoms with Crippen LogP contribution in [-0.2, 0) is 4.79 Å². The number of phenols is 1. The zero-order valence-corrected chi connectivity index (χ0v) is 15.4. The van der Waals surface area contributed by atoms with Crippen molar-refractivity contribution in [2.24, 2.45) is 0 Å². The van der Waals surface area contributed by atoms with E-state index in [9.17, 15) is 23.9 Å². The van der Waals surface area contributed by atoms with Gasteiger partial charge in [0, 0.05) is 48.8 Å². The van der Waals surface area contributed by atoms with Crippen LogP contribution in [-0.4, -0.2) is 63.7 Å². The van der Waals surface area contributed by atoms with E-state index in [4.69, 9.17) is 0 Å². The predicted molar refractivity (Wildman–Crippen MR) is 103 cm³/mol. The first-order valence-electron chi connectivity index (χ1n) is 9.13. The number of Topliss-reactive ketones (excluding diaryl/α,β-unsaturated/α-hetero) is 1. The molecule has 2 N–H and O–H groups in total. The van der Waals surface area contributed by atoms with Crippen molar-refractivity contribution in [1.82, 2.24) is 14.8 Å². The highest BCUT2D eigenvalue weighted by molar-refractivity contribution is 6.44. The monoisotopic (exact) mass is 395 g/mol. The van der Waals surface area contributed by atoms with Crippen LogP contribution < -0.4 is 0 Å². The largest absolute Gasteiger partial charge is 0.508 e. The van der Waals surface area contributed by atoms with Gasteiger partial charge < -0.3 is 19.9 Å². The number of carbonyl (C=O) groups excluding carboxylic acids is 3. The Hall–Kier alpha value is -3.68. The number of benzene rings is 2. The van der Waals surface area contributed by atoms with Crippen molar-refractivity contribution in [2.75, 3.05) is 26.2 Å². The molecular weight excluding hydrogens is 377 g/mol. The van der Waals surface area contributed by atoms with Gasteiger partial charge in [0.05, 0.1) is 5.56 Å². The number of ketones is 1. The molecule has 0 aliphatic carbocycles. The Bertz CT molecular complexity index is 1100. The lowest BCUT2D eigenvalue weighted by Crippen LogP contribution is -2.52. The molecule has 2 aromatic carbocycles. The summed E-state index contributed by atoms with van der Waals surface area (Å²) in [5, 5.41) is 9.44. The lowest BCUT2D eigenvalue weighted by Gasteiger charge is -2.34. The number of aromatic hydroxyl groups is 1. The topological polar surface area (TPSA) is 93.7 Å². The van der Waals surface area contributed by atoms with Gasteiger partial charge in [0.15, 0.2) is 0 Å². The molecule has 0 unspecified atom stereocenters. The molecule has 2 amide bonds. The summed E-state index contributed by atoms with van der Waals surface area (Å²) in [5.41, 5.74) is 0.893. The van der Waals surface area contributed by atoms with Crippen LogP contribution in [0.4, 0.5) is 4.39 Å². The third-order valence-electron chi connectivity index (χ3n) is 5.06. The Morgan fingerprint density at radius 3 is 2.28 bits per heavy atom. The maximum atomic E-state index is 14.1. The molecule has 1 fully saturated rings. The highest BCUT2D eigenvalue weighted by atomic mass is 19.1. The van der Waals surface area contributed by atoms with Gasteiger partial charge in [0.1, 0.15) is 11.6 Å². The summed E-state index contributed by atoms with van der Waals surface area (Å²) in [5.74, 6) is -2.19. The Labute approximate surface area is 165 Å². The van der Waals surface area contributed by atoms with E-state index in [1.165, 1.54) is 47.5 Å². The third-order valence-corrected chi connectivity index (χ3v) is 5.06. The summed E-state index contributed by atoms with van der Waals surface area (Å²) in [7, 11) is 0. The van der Waals surface area contributed by atoms with E-state index in [0.717, 1.165) is 0 Å². The number of H-pyrrole nitrogens is 1. The fraction of sp³-hybridized carbons (Fsp3) is 0.190. The molecule has 0 atom stereocenters. The van der Waals surface area contributed by atoms with Crippen LogP contribution in [0.3, 0.4) is 0 Å². The number of hydrogen-bond acceptors (Lipinski definition) is 4. The Morgan fingerprint density at radius 2 is 1.59 bits per heavy atom. The van der Waals surface area contributed by atoms with Crippen molar-refractivity contribution in [3.63, 3.8) is 0 Å². The SMILES string of the molecule is O=C(C(=O)N1CCN(C(=O)c2ccc(O)cc2)CC1)c1c[nH]c2cccc(F)c12. The van der Waals surface area contributed by atoms with Gasteiger partial charge in [-0.05, 0) is 36.4 Å². The smallest absolute Gasteiger partial charge is 0.295 e. The summed E-state index contributed by atoms with van der Waals surface area (Å²) < 4.78 is 14.1. The second-order valence-corrected chi connectivity index (χ2v) is 6.83. The number of halogens is 1. The van der Waals surface area contributed by atoms with E-state index in [-0.39, 0.29) is 48.8 Å². The number of nitrogens with zero attached hydrogens (tertiary/aromatic N) is 2. The molecule has 2 heterocycles. The second kappa shape index (κ2) is 7.38. The van der Waals surface area contributed by atoms with Gasteiger partial charge in [0.2, 0.25) is 0 Å². The molecule has 3 aromatic rings. The Kier molecular flexibility index (Phi) is 4.75. The summed E-state index contributed by atoms with van der Waals surface area (Å²) in [6, 6.07) is 10.3. The number of aromatic amines is 1. The number of amides is 2. The Balaban J connectivity index is 1.44. The van der Waals surface area contributed by atoms with E-state index >= 15 is 0 Å². The molecule has 7 nitrogen and oxygen atoms in total. The van der Waals surface area contributed by atoms with Crippen LogP contribution in [0.15, 0.2) is 48.7 Å². The minimum absolute atomic E-state index is 0.00528. The maximum Gasteiger partial charge on any atom is 0.295 e. The number of nitrogens with one attached hydrogen (secondary N) is 1. The fourth-order valence-electron chi connectivity index (χ4n) is 3.48. The van der Waals surface area contributed by atoms with Gasteiger partial charge in [-0.2, -0.15) is 0 Å². The van der Waals surface area contributed by atoms with Crippen LogP contribution in [0, 0.1) is 5.82 Å². The summed E-state index contributed by atoms with van der Waals surface area (Å²) >= 11 is 0. The van der Waals surface area contributed by atoms with Gasteiger partial charge in [-0.3, -0.25) is 14.4 Å². The number of fused-ring (bicyclic) bond motifs is 1. The molecule has 148 valence electrons. The fourth-order valence-corrected chi connectivity index (χ4v) is 3.48. The normalized spacial score (nSPS) is 14.2. The summed E-state index contributed by atoms with van der Waals surface area (Å²) in [6.45, 7) is 0.973. The molecular formula is C21H18FN3O4. The molecule has 0 spiro atoms. The van der Waals surface area contributed by atoms with Crippen LogP contribution in [0.25, 0.3) is 10.9 Å². The quantitative estimate of drug-likeness (QED) is 0.525. The number of phenolic OH excluding ortho intramolecular Hbond substituents is 1. The molecule has 8 heteroatoms. The van der Waals surface area contributed by atoms with Crippen molar-refractivity contribution in [3.8, 4) is 5.75 Å². The number of piperazine rings is 1. The van der Waals surface area contributed by atoms with Gasteiger partial charge in [-0.25, -0.2) is 4.39 Å². The molecule has 0 bridgehead atoms. The molecule has 1 saturated heterocycles. The number of aromatic nitrogens is 1. The molecule has 4 rings (SSSR count). The lowest BCUT2D eigenvalue weighted by atomic mass is 10.1. The molecule has 1 aliphatic rings. The van der Waals surface area contributed by atoms with E-state index < -0.39 is 17.5 Å². The standard InChI is InChI=1S/C21H18FN3O4/c22-16-2-1-3-17-18(16)15(12-23-17)19(27)21(29)25-10-8-24(9-11-25)20(28)13-4-6-14(26)7-5-13/h1-7,12,23,26H,8-11H2. The summed E-state index contributed by atoms with van der Waals surface area (Å²) in [6.07, 6.45) is 1.35. The minimum Gasteiger partial charge on any atom is -0.508 e. The van der Waals surface area contributed by atoms with Crippen LogP contribution in [0.2, 0.25) is 0 Å². The highest BCUT2D eigenvalue weighted by Crippen LogP contribution is 2.23. The van der Waals surface area contributed by atoms with Gasteiger partial charge in [-0.1, -0.05) is 6.07 Å². The van der Waals surface area contributed by atoms with Crippen LogP contribution in [0.5, 0.6) is 5.75 Å². The van der Waals surface area contributed by atoms with Crippen molar-refractivity contribution in [1.29, 1.82) is 0 Å². The average Bonchev–Trinajstić information content (AvgIpc) is 3.18. The predicted octanol–water partition coefficient (Wildman–Crippen LogP) is 2.18. The molecule has 0 saturated carbocycles. The first kappa shape index (κ1) is 18.7. The summed E-state index contributed by atoms with van der Waals surface area (Å²) in [4.78, 5) is 43.6. The second-order valence-electron chi connectivity index (χ2n) is 6.83. The minimum atomic E-state index is -0.778. The van der Waals surface area contributed by atoms with Crippen LogP contribution in [0.1, 0.15) is 20.7 Å². The molecule has 1 aromatic heterocycles. The van der Waals surface area contributed by atoms with E-state index in [1.807, 2.05) is 0 Å². The first-order valence-corrected chi connectivity index (χ1v) is 9.13. The van der Waals surface area contributed by atoms with Gasteiger partial charge in [-0.15, -0.1) is 0 Å². The first-order chi connectivity index (χ1) is 14.0. The van der Waals surface area contributed by atoms with Crippen molar-refractivity contribution in [2.45, 2.75) is 0 Å². The van der Waals surface area contributed by atoms with Crippen molar-refractivity contribution in [3.05, 3.63) is 65.6 Å². The van der Waals surface area contributed by atoms with E-state index in [1.54, 1.807) is 11.0 Å². The van der Waals surface area contributed by atoms with Crippen LogP contribution >= 0.6 is 0 Å². The average molecular weight is 395 g/mol. The van der Waals surface area contributed by atoms with Gasteiger partial charge >= 0.3 is 0 Å². The third kappa shape index (κ3) is 3.44. The zero-order valence-electron chi connectivity index (χ0n) is 15.4. The van der Waals surface area contributed by atoms with Gasteiger partial charge in [0.25, 0.3) is 17.6 Å². The molecule has 0 radical (unpaired) electrons. The molecule has 1 aliphatic heterocycles. The maximum absolute atomic E-state index is 14.1. The number of carbonyl (C=O) groups is 3. The van der Waals surface area contributed by atoms with Crippen molar-refractivity contribution < 1.29 is 23.9 Å². The van der Waals surface area contributed by atoms with Crippen molar-refractivity contribution >= 4 is 28.5 Å². The molecule has 29 heavy (non-hydrogen) atoms. The van der Waals surface area contributed by atoms with E-state index in [2.05, 4.69) is 4.98 Å².